The van der Waals surface area contributed by atoms with E-state index in [4.69, 9.17) is 0 Å². The van der Waals surface area contributed by atoms with Crippen LogP contribution in [0.4, 0.5) is 4.79 Å². The minimum atomic E-state index is 0.00126. The molecule has 1 fully saturated rings. The molecule has 1 aliphatic rings. The van der Waals surface area contributed by atoms with E-state index in [1.165, 1.54) is 0 Å². The van der Waals surface area contributed by atoms with Gasteiger partial charge in [0.15, 0.2) is 0 Å². The van der Waals surface area contributed by atoms with Crippen LogP contribution in [0, 0.1) is 0 Å². The second-order valence-corrected chi connectivity index (χ2v) is 4.59. The van der Waals surface area contributed by atoms with Gasteiger partial charge in [-0.25, -0.2) is 4.79 Å². The van der Waals surface area contributed by atoms with Gasteiger partial charge < -0.3 is 16.0 Å². The summed E-state index contributed by atoms with van der Waals surface area (Å²) in [5, 5.41) is 9.23. The van der Waals surface area contributed by atoms with Crippen molar-refractivity contribution in [1.82, 2.24) is 16.0 Å². The molecule has 3 N–H and O–H groups in total. The molecular weight excluding hydrogens is 202 g/mol. The van der Waals surface area contributed by atoms with Gasteiger partial charge >= 0.3 is 6.03 Å². The zero-order valence-corrected chi connectivity index (χ0v) is 10.5. The third kappa shape index (κ3) is 4.84. The largest absolute Gasteiger partial charge is 0.338 e. The molecule has 1 aliphatic carbocycles. The van der Waals surface area contributed by atoms with E-state index in [0.717, 1.165) is 45.1 Å². The highest BCUT2D eigenvalue weighted by Crippen LogP contribution is 2.17. The van der Waals surface area contributed by atoms with Crippen LogP contribution in [-0.4, -0.2) is 31.7 Å². The Balaban J connectivity index is 2.10. The molecule has 94 valence electrons. The topological polar surface area (TPSA) is 53.2 Å². The summed E-state index contributed by atoms with van der Waals surface area (Å²) in [4.78, 5) is 11.5. The van der Waals surface area contributed by atoms with Crippen LogP contribution in [0.1, 0.15) is 45.4 Å². The van der Waals surface area contributed by atoms with Crippen LogP contribution < -0.4 is 16.0 Å². The molecule has 0 spiro atoms. The lowest BCUT2D eigenvalue weighted by Crippen LogP contribution is -2.45. The molecule has 0 aromatic rings. The lowest BCUT2D eigenvalue weighted by molar-refractivity contribution is 0.229. The first-order valence-electron chi connectivity index (χ1n) is 6.48. The average Bonchev–Trinajstić information content (AvgIpc) is 2.30. The summed E-state index contributed by atoms with van der Waals surface area (Å²) in [6.45, 7) is 2.91. The smallest absolute Gasteiger partial charge is 0.315 e. The second kappa shape index (κ2) is 7.49. The Morgan fingerprint density at radius 1 is 1.19 bits per heavy atom. The maximum atomic E-state index is 11.5. The molecule has 0 aromatic heterocycles. The number of hydrogen-bond acceptors (Lipinski definition) is 2. The first-order chi connectivity index (χ1) is 7.76. The van der Waals surface area contributed by atoms with Crippen molar-refractivity contribution in [3.05, 3.63) is 0 Å². The summed E-state index contributed by atoms with van der Waals surface area (Å²) >= 11 is 0. The van der Waals surface area contributed by atoms with Gasteiger partial charge in [0.25, 0.3) is 0 Å². The predicted molar refractivity (Wildman–Crippen MR) is 66.5 cm³/mol. The van der Waals surface area contributed by atoms with E-state index in [-0.39, 0.29) is 6.03 Å². The van der Waals surface area contributed by atoms with Crippen LogP contribution in [0.5, 0.6) is 0 Å². The van der Waals surface area contributed by atoms with Crippen molar-refractivity contribution in [2.24, 2.45) is 0 Å². The number of carbonyl (C=O) groups excluding carboxylic acids is 1. The molecule has 4 nitrogen and oxygen atoms in total. The Morgan fingerprint density at radius 3 is 2.38 bits per heavy atom. The standard InChI is InChI=1S/C12H25N3O/c1-3-4-9-14-12(16)15-11-7-5-10(13-2)6-8-11/h10-11,13H,3-9H2,1-2H3,(H2,14,15,16). The van der Waals surface area contributed by atoms with Gasteiger partial charge in [0, 0.05) is 18.6 Å². The number of nitrogens with one attached hydrogen (secondary N) is 3. The lowest BCUT2D eigenvalue weighted by atomic mass is 9.91. The molecule has 0 heterocycles. The van der Waals surface area contributed by atoms with Crippen LogP contribution in [0.15, 0.2) is 0 Å². The number of amides is 2. The SMILES string of the molecule is CCCCNC(=O)NC1CCC(NC)CC1. The van der Waals surface area contributed by atoms with Crippen molar-refractivity contribution in [3.8, 4) is 0 Å². The zero-order chi connectivity index (χ0) is 11.8. The number of hydrogen-bond donors (Lipinski definition) is 3. The fourth-order valence-electron chi connectivity index (χ4n) is 2.14. The number of urea groups is 1. The van der Waals surface area contributed by atoms with Gasteiger partial charge in [-0.3, -0.25) is 0 Å². The van der Waals surface area contributed by atoms with E-state index in [1.807, 2.05) is 7.05 Å². The first-order valence-corrected chi connectivity index (χ1v) is 6.48. The lowest BCUT2D eigenvalue weighted by Gasteiger charge is -2.28. The third-order valence-corrected chi connectivity index (χ3v) is 3.29. The third-order valence-electron chi connectivity index (χ3n) is 3.29. The van der Waals surface area contributed by atoms with E-state index >= 15 is 0 Å². The Hall–Kier alpha value is -0.770. The van der Waals surface area contributed by atoms with E-state index in [2.05, 4.69) is 22.9 Å². The number of unbranched alkanes of at least 4 members (excludes halogenated alkanes) is 1. The van der Waals surface area contributed by atoms with Crippen molar-refractivity contribution >= 4 is 6.03 Å². The van der Waals surface area contributed by atoms with E-state index in [1.54, 1.807) is 0 Å². The maximum absolute atomic E-state index is 11.5. The predicted octanol–water partition coefficient (Wildman–Crippen LogP) is 1.62. The summed E-state index contributed by atoms with van der Waals surface area (Å²) in [5.74, 6) is 0. The van der Waals surface area contributed by atoms with Gasteiger partial charge in [-0.2, -0.15) is 0 Å². The van der Waals surface area contributed by atoms with Gasteiger partial charge in [0.05, 0.1) is 0 Å². The molecule has 0 radical (unpaired) electrons. The monoisotopic (exact) mass is 227 g/mol. The summed E-state index contributed by atoms with van der Waals surface area (Å²) in [5.41, 5.74) is 0. The molecule has 0 saturated heterocycles. The first kappa shape index (κ1) is 13.3. The van der Waals surface area contributed by atoms with Gasteiger partial charge in [-0.05, 0) is 39.2 Å². The maximum Gasteiger partial charge on any atom is 0.315 e. The quantitative estimate of drug-likeness (QED) is 0.625. The Kier molecular flexibility index (Phi) is 6.23. The normalized spacial score (nSPS) is 25.1. The van der Waals surface area contributed by atoms with Crippen LogP contribution in [0.3, 0.4) is 0 Å². The Bertz CT molecular complexity index is 200. The number of rotatable bonds is 5. The summed E-state index contributed by atoms with van der Waals surface area (Å²) in [6.07, 6.45) is 6.68. The zero-order valence-electron chi connectivity index (χ0n) is 10.5. The molecule has 1 rings (SSSR count). The summed E-state index contributed by atoms with van der Waals surface area (Å²) < 4.78 is 0. The van der Waals surface area contributed by atoms with Gasteiger partial charge in [0.1, 0.15) is 0 Å². The Morgan fingerprint density at radius 2 is 1.81 bits per heavy atom. The second-order valence-electron chi connectivity index (χ2n) is 4.59. The fraction of sp³-hybridized carbons (Fsp3) is 0.917. The summed E-state index contributed by atoms with van der Waals surface area (Å²) in [7, 11) is 2.01. The molecule has 0 bridgehead atoms. The minimum Gasteiger partial charge on any atom is -0.338 e. The van der Waals surface area contributed by atoms with Gasteiger partial charge in [-0.15, -0.1) is 0 Å². The molecule has 0 atom stereocenters. The highest BCUT2D eigenvalue weighted by Gasteiger charge is 2.20. The average molecular weight is 227 g/mol. The molecule has 0 aliphatic heterocycles. The van der Waals surface area contributed by atoms with Crippen molar-refractivity contribution in [3.63, 3.8) is 0 Å². The van der Waals surface area contributed by atoms with Gasteiger partial charge in [-0.1, -0.05) is 13.3 Å². The van der Waals surface area contributed by atoms with Crippen LogP contribution in [-0.2, 0) is 0 Å². The molecular formula is C12H25N3O. The highest BCUT2D eigenvalue weighted by atomic mass is 16.2. The molecule has 2 amide bonds. The minimum absolute atomic E-state index is 0.00126. The number of carbonyl (C=O) groups is 1. The molecule has 16 heavy (non-hydrogen) atoms. The van der Waals surface area contributed by atoms with Crippen molar-refractivity contribution in [2.75, 3.05) is 13.6 Å². The molecule has 0 aromatic carbocycles. The summed E-state index contributed by atoms with van der Waals surface area (Å²) in [6, 6.07) is 1.01. The van der Waals surface area contributed by atoms with Crippen molar-refractivity contribution < 1.29 is 4.79 Å². The van der Waals surface area contributed by atoms with Crippen molar-refractivity contribution in [2.45, 2.75) is 57.5 Å². The van der Waals surface area contributed by atoms with Crippen LogP contribution >= 0.6 is 0 Å². The highest BCUT2D eigenvalue weighted by molar-refractivity contribution is 5.74. The molecule has 1 saturated carbocycles. The van der Waals surface area contributed by atoms with E-state index in [0.29, 0.717) is 12.1 Å². The van der Waals surface area contributed by atoms with E-state index in [9.17, 15) is 4.79 Å². The van der Waals surface area contributed by atoms with Crippen LogP contribution in [0.2, 0.25) is 0 Å². The molecule has 0 unspecified atom stereocenters. The Labute approximate surface area is 98.6 Å². The van der Waals surface area contributed by atoms with Gasteiger partial charge in [0.2, 0.25) is 0 Å². The fourth-order valence-corrected chi connectivity index (χ4v) is 2.14. The van der Waals surface area contributed by atoms with Crippen molar-refractivity contribution in [1.29, 1.82) is 0 Å². The van der Waals surface area contributed by atoms with Crippen LogP contribution in [0.25, 0.3) is 0 Å². The van der Waals surface area contributed by atoms with E-state index < -0.39 is 0 Å². The molecule has 4 heteroatoms.